The zero-order chi connectivity index (χ0) is 24.4. The van der Waals surface area contributed by atoms with E-state index in [1.54, 1.807) is 35.2 Å². The Labute approximate surface area is 197 Å². The number of benzene rings is 2. The fraction of sp³-hybridized carbons (Fsp3) is 0.440. The molecular weight excluding hydrogens is 438 g/mol. The van der Waals surface area contributed by atoms with E-state index < -0.39 is 16.1 Å². The van der Waals surface area contributed by atoms with Crippen LogP contribution in [0.5, 0.6) is 0 Å². The normalized spacial score (nSPS) is 12.4. The summed E-state index contributed by atoms with van der Waals surface area (Å²) in [6.45, 7) is 6.74. The third-order valence-corrected chi connectivity index (χ3v) is 7.36. The molecule has 0 aliphatic carbocycles. The topological polar surface area (TPSA) is 86.8 Å². The van der Waals surface area contributed by atoms with Crippen LogP contribution in [0.15, 0.2) is 59.5 Å². The number of nitrogens with zero attached hydrogens (tertiary/aromatic N) is 2. The minimum atomic E-state index is -3.61. The van der Waals surface area contributed by atoms with Gasteiger partial charge in [-0.2, -0.15) is 0 Å². The first-order valence-electron chi connectivity index (χ1n) is 11.3. The van der Waals surface area contributed by atoms with Crippen molar-refractivity contribution in [1.82, 2.24) is 14.5 Å². The maximum atomic E-state index is 13.2. The van der Waals surface area contributed by atoms with Gasteiger partial charge in [-0.3, -0.25) is 9.59 Å². The molecule has 0 fully saturated rings. The second-order valence-corrected chi connectivity index (χ2v) is 10.1. The largest absolute Gasteiger partial charge is 0.355 e. The van der Waals surface area contributed by atoms with Crippen LogP contribution in [0.1, 0.15) is 44.2 Å². The van der Waals surface area contributed by atoms with Crippen LogP contribution in [-0.4, -0.2) is 55.6 Å². The average Bonchev–Trinajstić information content (AvgIpc) is 2.79. The number of carbonyl (C=O) groups is 2. The Kier molecular flexibility index (Phi) is 10.1. The fourth-order valence-electron chi connectivity index (χ4n) is 3.71. The monoisotopic (exact) mass is 473 g/mol. The zero-order valence-corrected chi connectivity index (χ0v) is 20.8. The third kappa shape index (κ3) is 7.40. The maximum absolute atomic E-state index is 13.2. The first-order valence-corrected chi connectivity index (χ1v) is 12.8. The summed E-state index contributed by atoms with van der Waals surface area (Å²) < 4.78 is 26.7. The molecule has 8 heteroatoms. The average molecular weight is 474 g/mol. The summed E-state index contributed by atoms with van der Waals surface area (Å²) in [7, 11) is -2.09. The van der Waals surface area contributed by atoms with Gasteiger partial charge in [0.15, 0.2) is 0 Å². The van der Waals surface area contributed by atoms with Gasteiger partial charge in [-0.05, 0) is 44.4 Å². The van der Waals surface area contributed by atoms with Gasteiger partial charge in [-0.25, -0.2) is 12.7 Å². The number of hydrogen-bond donors (Lipinski definition) is 1. The van der Waals surface area contributed by atoms with Crippen LogP contribution in [0.2, 0.25) is 0 Å². The van der Waals surface area contributed by atoms with Crippen molar-refractivity contribution in [2.75, 3.05) is 20.1 Å². The highest BCUT2D eigenvalue weighted by molar-refractivity contribution is 7.89. The molecule has 1 N–H and O–H groups in total. The molecule has 0 unspecified atom stereocenters. The lowest BCUT2D eigenvalue weighted by Gasteiger charge is -2.31. The molecule has 2 amide bonds. The van der Waals surface area contributed by atoms with Crippen LogP contribution in [0.4, 0.5) is 0 Å². The number of carbonyl (C=O) groups excluding carboxylic acids is 2. The van der Waals surface area contributed by atoms with Gasteiger partial charge in [-0.1, -0.05) is 55.0 Å². The number of aryl methyl sites for hydroxylation is 1. The Bertz CT molecular complexity index is 1020. The molecule has 0 spiro atoms. The number of hydrogen-bond acceptors (Lipinski definition) is 4. The first kappa shape index (κ1) is 26.5. The van der Waals surface area contributed by atoms with Gasteiger partial charge in [0.25, 0.3) is 0 Å². The second-order valence-electron chi connectivity index (χ2n) is 8.07. The summed E-state index contributed by atoms with van der Waals surface area (Å²) in [5.41, 5.74) is 2.04. The molecule has 0 aliphatic heterocycles. The molecule has 2 rings (SSSR count). The smallest absolute Gasteiger partial charge is 0.242 e. The lowest BCUT2D eigenvalue weighted by atomic mass is 10.1. The number of sulfonamides is 1. The number of nitrogens with one attached hydrogen (secondary N) is 1. The summed E-state index contributed by atoms with van der Waals surface area (Å²) in [4.78, 5) is 27.7. The van der Waals surface area contributed by atoms with Gasteiger partial charge in [-0.15, -0.1) is 0 Å². The Morgan fingerprint density at radius 3 is 2.33 bits per heavy atom. The van der Waals surface area contributed by atoms with Crippen LogP contribution >= 0.6 is 0 Å². The Balaban J connectivity index is 2.11. The van der Waals surface area contributed by atoms with Crippen LogP contribution in [-0.2, 0) is 26.2 Å². The third-order valence-electron chi connectivity index (χ3n) is 5.49. The van der Waals surface area contributed by atoms with E-state index in [-0.39, 0.29) is 29.7 Å². The molecule has 33 heavy (non-hydrogen) atoms. The molecule has 2 aromatic carbocycles. The minimum absolute atomic E-state index is 0.149. The molecule has 0 bridgehead atoms. The van der Waals surface area contributed by atoms with E-state index in [0.717, 1.165) is 11.1 Å². The zero-order valence-electron chi connectivity index (χ0n) is 20.0. The summed E-state index contributed by atoms with van der Waals surface area (Å²) in [6, 6.07) is 15.5. The Morgan fingerprint density at radius 2 is 1.73 bits per heavy atom. The van der Waals surface area contributed by atoms with Crippen molar-refractivity contribution < 1.29 is 18.0 Å². The molecule has 0 saturated carbocycles. The molecule has 0 heterocycles. The van der Waals surface area contributed by atoms with Gasteiger partial charge in [0.05, 0.1) is 4.90 Å². The van der Waals surface area contributed by atoms with Crippen LogP contribution < -0.4 is 5.32 Å². The van der Waals surface area contributed by atoms with E-state index in [9.17, 15) is 18.0 Å². The van der Waals surface area contributed by atoms with Crippen molar-refractivity contribution in [3.05, 3.63) is 65.7 Å². The molecule has 2 aromatic rings. The summed E-state index contributed by atoms with van der Waals surface area (Å²) in [6.07, 6.45) is 1.000. The van der Waals surface area contributed by atoms with Crippen molar-refractivity contribution >= 4 is 21.8 Å². The van der Waals surface area contributed by atoms with Crippen molar-refractivity contribution in [2.24, 2.45) is 0 Å². The standard InChI is InChI=1S/C25H35N3O4S/c1-5-23(25(30)26-6-2)28(19-21-13-10-12-20(3)18-21)24(29)16-11-17-27(4)33(31,32)22-14-8-7-9-15-22/h7-10,12-15,18,23H,5-6,11,16-17,19H2,1-4H3,(H,26,30)/t23-/m1/s1. The predicted octanol–water partition coefficient (Wildman–Crippen LogP) is 3.34. The number of likely N-dealkylation sites (N-methyl/N-ethyl adjacent to an activating group) is 1. The highest BCUT2D eigenvalue weighted by atomic mass is 32.2. The van der Waals surface area contributed by atoms with Crippen molar-refractivity contribution in [1.29, 1.82) is 0 Å². The van der Waals surface area contributed by atoms with Crippen molar-refractivity contribution in [3.63, 3.8) is 0 Å². The molecule has 180 valence electrons. The minimum Gasteiger partial charge on any atom is -0.355 e. The molecular formula is C25H35N3O4S. The number of amides is 2. The second kappa shape index (κ2) is 12.5. The maximum Gasteiger partial charge on any atom is 0.242 e. The molecule has 0 aromatic heterocycles. The molecule has 0 saturated heterocycles. The quantitative estimate of drug-likeness (QED) is 0.512. The molecule has 0 aliphatic rings. The highest BCUT2D eigenvalue weighted by Crippen LogP contribution is 2.17. The van der Waals surface area contributed by atoms with E-state index in [0.29, 0.717) is 25.9 Å². The van der Waals surface area contributed by atoms with Gasteiger partial charge in [0.1, 0.15) is 6.04 Å². The van der Waals surface area contributed by atoms with Gasteiger partial charge >= 0.3 is 0 Å². The molecule has 0 radical (unpaired) electrons. The van der Waals surface area contributed by atoms with E-state index in [1.807, 2.05) is 45.0 Å². The molecule has 1 atom stereocenters. The van der Waals surface area contributed by atoms with E-state index in [1.165, 1.54) is 11.4 Å². The van der Waals surface area contributed by atoms with Crippen LogP contribution in [0.25, 0.3) is 0 Å². The predicted molar refractivity (Wildman–Crippen MR) is 130 cm³/mol. The highest BCUT2D eigenvalue weighted by Gasteiger charge is 2.28. The molecule has 7 nitrogen and oxygen atoms in total. The first-order chi connectivity index (χ1) is 15.7. The van der Waals surface area contributed by atoms with E-state index in [4.69, 9.17) is 0 Å². The Morgan fingerprint density at radius 1 is 1.03 bits per heavy atom. The van der Waals surface area contributed by atoms with E-state index >= 15 is 0 Å². The van der Waals surface area contributed by atoms with Crippen molar-refractivity contribution in [3.8, 4) is 0 Å². The van der Waals surface area contributed by atoms with Gasteiger partial charge < -0.3 is 10.2 Å². The van der Waals surface area contributed by atoms with E-state index in [2.05, 4.69) is 5.32 Å². The Hall–Kier alpha value is -2.71. The van der Waals surface area contributed by atoms with Gasteiger partial charge in [0.2, 0.25) is 21.8 Å². The summed E-state index contributed by atoms with van der Waals surface area (Å²) in [5, 5.41) is 2.82. The lowest BCUT2D eigenvalue weighted by Crippen LogP contribution is -2.49. The lowest BCUT2D eigenvalue weighted by molar-refractivity contribution is -0.141. The summed E-state index contributed by atoms with van der Waals surface area (Å²) in [5.74, 6) is -0.343. The summed E-state index contributed by atoms with van der Waals surface area (Å²) >= 11 is 0. The van der Waals surface area contributed by atoms with Crippen LogP contribution in [0, 0.1) is 6.92 Å². The SMILES string of the molecule is CCNC(=O)[C@@H](CC)N(Cc1cccc(C)c1)C(=O)CCCN(C)S(=O)(=O)c1ccccc1. The van der Waals surface area contributed by atoms with Crippen LogP contribution in [0.3, 0.4) is 0 Å². The van der Waals surface area contributed by atoms with Gasteiger partial charge in [0, 0.05) is 33.1 Å². The fourth-order valence-corrected chi connectivity index (χ4v) is 4.94. The van der Waals surface area contributed by atoms with Crippen molar-refractivity contribution in [2.45, 2.75) is 57.5 Å². The number of rotatable bonds is 12.